The zero-order valence-electron chi connectivity index (χ0n) is 12.7. The van der Waals surface area contributed by atoms with Crippen LogP contribution in [0.5, 0.6) is 0 Å². The van der Waals surface area contributed by atoms with Crippen molar-refractivity contribution in [1.29, 1.82) is 0 Å². The highest BCUT2D eigenvalue weighted by atomic mass is 16.2. The summed E-state index contributed by atoms with van der Waals surface area (Å²) in [7, 11) is 0. The number of hydrogen-bond acceptors (Lipinski definition) is 3. The van der Waals surface area contributed by atoms with Crippen LogP contribution >= 0.6 is 0 Å². The van der Waals surface area contributed by atoms with E-state index in [0.29, 0.717) is 11.3 Å². The molecule has 0 bridgehead atoms. The number of nitrogens with one attached hydrogen (secondary N) is 2. The van der Waals surface area contributed by atoms with E-state index in [2.05, 4.69) is 10.6 Å². The number of benzene rings is 1. The Kier molecular flexibility index (Phi) is 4.76. The summed E-state index contributed by atoms with van der Waals surface area (Å²) in [5.74, 6) is -0.488. The van der Waals surface area contributed by atoms with Gasteiger partial charge >= 0.3 is 0 Å². The lowest BCUT2D eigenvalue weighted by atomic mass is 10.1. The van der Waals surface area contributed by atoms with E-state index in [1.165, 1.54) is 0 Å². The highest BCUT2D eigenvalue weighted by Gasteiger charge is 2.21. The summed E-state index contributed by atoms with van der Waals surface area (Å²) in [6, 6.07) is 4.46. The molecule has 4 N–H and O–H groups in total. The van der Waals surface area contributed by atoms with E-state index in [4.69, 9.17) is 5.73 Å². The first-order valence-corrected chi connectivity index (χ1v) is 6.59. The maximum atomic E-state index is 12.1. The Morgan fingerprint density at radius 3 is 2.35 bits per heavy atom. The zero-order valence-corrected chi connectivity index (χ0v) is 12.7. The van der Waals surface area contributed by atoms with Gasteiger partial charge < -0.3 is 16.4 Å². The van der Waals surface area contributed by atoms with Crippen LogP contribution in [0, 0.1) is 6.92 Å². The fraction of sp³-hybridized carbons (Fsp3) is 0.467. The number of amides is 2. The van der Waals surface area contributed by atoms with Crippen LogP contribution in [0.3, 0.4) is 0 Å². The SMILES string of the molecule is Cc1cc(N)ccc1C(=O)NC(C)C(=O)NC(C)(C)C. The van der Waals surface area contributed by atoms with Crippen LogP contribution in [-0.2, 0) is 4.79 Å². The topological polar surface area (TPSA) is 84.2 Å². The molecule has 0 aliphatic rings. The molecule has 0 fully saturated rings. The summed E-state index contributed by atoms with van der Waals surface area (Å²) < 4.78 is 0. The first-order valence-electron chi connectivity index (χ1n) is 6.59. The molecular weight excluding hydrogens is 254 g/mol. The van der Waals surface area contributed by atoms with Gasteiger partial charge in [0.05, 0.1) is 0 Å². The van der Waals surface area contributed by atoms with Gasteiger partial charge in [-0.3, -0.25) is 9.59 Å². The van der Waals surface area contributed by atoms with Crippen LogP contribution in [0.1, 0.15) is 43.6 Å². The van der Waals surface area contributed by atoms with Crippen LogP contribution in [0.2, 0.25) is 0 Å². The minimum absolute atomic E-state index is 0.209. The van der Waals surface area contributed by atoms with Crippen molar-refractivity contribution < 1.29 is 9.59 Å². The largest absolute Gasteiger partial charge is 0.399 e. The second-order valence-electron chi connectivity index (χ2n) is 6.01. The van der Waals surface area contributed by atoms with Gasteiger partial charge in [-0.2, -0.15) is 0 Å². The van der Waals surface area contributed by atoms with Crippen molar-refractivity contribution >= 4 is 17.5 Å². The molecule has 0 saturated carbocycles. The molecule has 5 heteroatoms. The molecule has 0 aromatic heterocycles. The van der Waals surface area contributed by atoms with Gasteiger partial charge in [0.15, 0.2) is 0 Å². The summed E-state index contributed by atoms with van der Waals surface area (Å²) >= 11 is 0. The number of anilines is 1. The number of nitrogens with two attached hydrogens (primary N) is 1. The van der Waals surface area contributed by atoms with E-state index < -0.39 is 6.04 Å². The monoisotopic (exact) mass is 277 g/mol. The quantitative estimate of drug-likeness (QED) is 0.734. The van der Waals surface area contributed by atoms with Crippen molar-refractivity contribution in [2.75, 3.05) is 5.73 Å². The fourth-order valence-corrected chi connectivity index (χ4v) is 1.76. The summed E-state index contributed by atoms with van der Waals surface area (Å²) in [5, 5.41) is 5.51. The van der Waals surface area contributed by atoms with Crippen molar-refractivity contribution in [3.05, 3.63) is 29.3 Å². The number of nitrogen functional groups attached to an aromatic ring is 1. The third-order valence-electron chi connectivity index (χ3n) is 2.73. The molecule has 1 rings (SSSR count). The van der Waals surface area contributed by atoms with Gasteiger partial charge in [-0.05, 0) is 58.4 Å². The molecule has 2 amide bonds. The Bertz CT molecular complexity index is 518. The van der Waals surface area contributed by atoms with E-state index >= 15 is 0 Å². The minimum Gasteiger partial charge on any atom is -0.399 e. The lowest BCUT2D eigenvalue weighted by Gasteiger charge is -2.23. The summed E-state index contributed by atoms with van der Waals surface area (Å²) in [5.41, 5.74) is 7.24. The van der Waals surface area contributed by atoms with Crippen LogP contribution in [0.25, 0.3) is 0 Å². The molecule has 20 heavy (non-hydrogen) atoms. The van der Waals surface area contributed by atoms with Crippen molar-refractivity contribution in [3.63, 3.8) is 0 Å². The van der Waals surface area contributed by atoms with E-state index in [9.17, 15) is 9.59 Å². The van der Waals surface area contributed by atoms with Crippen molar-refractivity contribution in [1.82, 2.24) is 10.6 Å². The molecule has 0 radical (unpaired) electrons. The van der Waals surface area contributed by atoms with Crippen LogP contribution < -0.4 is 16.4 Å². The zero-order chi connectivity index (χ0) is 15.5. The first kappa shape index (κ1) is 16.0. The van der Waals surface area contributed by atoms with Gasteiger partial charge in [-0.25, -0.2) is 0 Å². The number of rotatable bonds is 3. The number of carbonyl (C=O) groups is 2. The number of aryl methyl sites for hydroxylation is 1. The maximum absolute atomic E-state index is 12.1. The molecule has 1 unspecified atom stereocenters. The third-order valence-corrected chi connectivity index (χ3v) is 2.73. The van der Waals surface area contributed by atoms with Gasteiger partial charge in [0.2, 0.25) is 5.91 Å². The lowest BCUT2D eigenvalue weighted by Crippen LogP contribution is -2.50. The molecule has 1 atom stereocenters. The number of hydrogen-bond donors (Lipinski definition) is 3. The molecule has 0 aliphatic heterocycles. The van der Waals surface area contributed by atoms with E-state index in [0.717, 1.165) is 5.56 Å². The van der Waals surface area contributed by atoms with Gasteiger partial charge in [-0.15, -0.1) is 0 Å². The number of carbonyl (C=O) groups excluding carboxylic acids is 2. The highest BCUT2D eigenvalue weighted by molar-refractivity contribution is 5.98. The van der Waals surface area contributed by atoms with Gasteiger partial charge in [0.25, 0.3) is 5.91 Å². The maximum Gasteiger partial charge on any atom is 0.252 e. The van der Waals surface area contributed by atoms with E-state index in [1.54, 1.807) is 25.1 Å². The lowest BCUT2D eigenvalue weighted by molar-refractivity contribution is -0.124. The Labute approximate surface area is 119 Å². The van der Waals surface area contributed by atoms with Crippen molar-refractivity contribution in [2.24, 2.45) is 0 Å². The molecule has 110 valence electrons. The standard InChI is InChI=1S/C15H23N3O2/c1-9-8-11(16)6-7-12(9)14(20)17-10(2)13(19)18-15(3,4)5/h6-8,10H,16H2,1-5H3,(H,17,20)(H,18,19). The molecule has 1 aromatic rings. The highest BCUT2D eigenvalue weighted by Crippen LogP contribution is 2.12. The normalized spacial score (nSPS) is 12.7. The van der Waals surface area contributed by atoms with Crippen molar-refractivity contribution in [2.45, 2.75) is 46.2 Å². The van der Waals surface area contributed by atoms with Crippen LogP contribution in [-0.4, -0.2) is 23.4 Å². The average Bonchev–Trinajstić information content (AvgIpc) is 2.26. The summed E-state index contributed by atoms with van der Waals surface area (Å²) in [6.45, 7) is 9.15. The summed E-state index contributed by atoms with van der Waals surface area (Å²) in [6.07, 6.45) is 0. The Morgan fingerprint density at radius 1 is 1.25 bits per heavy atom. The Morgan fingerprint density at radius 2 is 1.85 bits per heavy atom. The molecule has 0 saturated heterocycles. The first-order chi connectivity index (χ1) is 9.10. The predicted molar refractivity (Wildman–Crippen MR) is 80.4 cm³/mol. The van der Waals surface area contributed by atoms with Crippen molar-refractivity contribution in [3.8, 4) is 0 Å². The smallest absolute Gasteiger partial charge is 0.252 e. The van der Waals surface area contributed by atoms with Gasteiger partial charge in [0.1, 0.15) is 6.04 Å². The Hall–Kier alpha value is -2.04. The summed E-state index contributed by atoms with van der Waals surface area (Å²) in [4.78, 5) is 24.0. The molecule has 1 aromatic carbocycles. The second kappa shape index (κ2) is 5.94. The average molecular weight is 277 g/mol. The fourth-order valence-electron chi connectivity index (χ4n) is 1.76. The van der Waals surface area contributed by atoms with Gasteiger partial charge in [0, 0.05) is 16.8 Å². The molecule has 0 heterocycles. The van der Waals surface area contributed by atoms with Crippen LogP contribution in [0.4, 0.5) is 5.69 Å². The van der Waals surface area contributed by atoms with Gasteiger partial charge in [-0.1, -0.05) is 0 Å². The predicted octanol–water partition coefficient (Wildman–Crippen LogP) is 1.61. The third kappa shape index (κ3) is 4.57. The minimum atomic E-state index is -0.598. The van der Waals surface area contributed by atoms with E-state index in [-0.39, 0.29) is 17.4 Å². The molecular formula is C15H23N3O2. The second-order valence-corrected chi connectivity index (χ2v) is 6.01. The molecule has 0 spiro atoms. The Balaban J connectivity index is 2.73. The molecule has 5 nitrogen and oxygen atoms in total. The molecule has 0 aliphatic carbocycles. The van der Waals surface area contributed by atoms with E-state index in [1.807, 2.05) is 27.7 Å². The van der Waals surface area contributed by atoms with Crippen LogP contribution in [0.15, 0.2) is 18.2 Å².